The minimum Gasteiger partial charge on any atom is -0.384 e. The maximum atomic E-state index is 12.5. The third kappa shape index (κ3) is 3.97. The van der Waals surface area contributed by atoms with E-state index >= 15 is 0 Å². The Morgan fingerprint density at radius 1 is 1.12 bits per heavy atom. The first-order valence-corrected chi connectivity index (χ1v) is 9.49. The predicted molar refractivity (Wildman–Crippen MR) is 94.3 cm³/mol. The van der Waals surface area contributed by atoms with Crippen LogP contribution < -0.4 is 11.1 Å². The third-order valence-electron chi connectivity index (χ3n) is 4.13. The number of anilines is 1. The highest BCUT2D eigenvalue weighted by atomic mass is 32.2. The van der Waals surface area contributed by atoms with Crippen LogP contribution in [0.1, 0.15) is 28.8 Å². The van der Waals surface area contributed by atoms with Crippen molar-refractivity contribution < 1.29 is 13.2 Å². The van der Waals surface area contributed by atoms with E-state index in [-0.39, 0.29) is 10.8 Å². The smallest absolute Gasteiger partial charge is 0.253 e. The molecule has 1 aliphatic rings. The number of amides is 1. The highest BCUT2D eigenvalue weighted by Crippen LogP contribution is 2.21. The summed E-state index contributed by atoms with van der Waals surface area (Å²) in [5, 5.41) is 2.77. The van der Waals surface area contributed by atoms with E-state index in [1.807, 2.05) is 0 Å². The molecule has 3 rings (SSSR count). The van der Waals surface area contributed by atoms with Crippen molar-refractivity contribution in [3.8, 4) is 0 Å². The molecule has 1 aromatic carbocycles. The van der Waals surface area contributed by atoms with Gasteiger partial charge in [-0.1, -0.05) is 12.1 Å². The van der Waals surface area contributed by atoms with Crippen molar-refractivity contribution in [2.45, 2.75) is 24.3 Å². The fourth-order valence-corrected chi connectivity index (χ4v) is 4.20. The molecule has 0 aliphatic carbocycles. The lowest BCUT2D eigenvalue weighted by Gasteiger charge is -2.15. The average molecular weight is 360 g/mol. The Kier molecular flexibility index (Phi) is 5.00. The molecule has 2 heterocycles. The van der Waals surface area contributed by atoms with Crippen LogP contribution in [0.15, 0.2) is 47.5 Å². The summed E-state index contributed by atoms with van der Waals surface area (Å²) < 4.78 is 26.4. The first-order valence-electron chi connectivity index (χ1n) is 8.05. The van der Waals surface area contributed by atoms with Crippen LogP contribution >= 0.6 is 0 Å². The number of nitrogen functional groups attached to an aromatic ring is 1. The molecule has 2 aromatic rings. The summed E-state index contributed by atoms with van der Waals surface area (Å²) in [4.78, 5) is 16.2. The van der Waals surface area contributed by atoms with Crippen molar-refractivity contribution >= 4 is 21.7 Å². The molecule has 0 saturated carbocycles. The summed E-state index contributed by atoms with van der Waals surface area (Å²) in [5.74, 6) is 0.0904. The maximum Gasteiger partial charge on any atom is 0.253 e. The van der Waals surface area contributed by atoms with Gasteiger partial charge in [0.2, 0.25) is 10.0 Å². The summed E-state index contributed by atoms with van der Waals surface area (Å²) in [6.45, 7) is 1.46. The van der Waals surface area contributed by atoms with Crippen LogP contribution in [0.2, 0.25) is 0 Å². The summed E-state index contributed by atoms with van der Waals surface area (Å²) in [6, 6.07) is 9.76. The average Bonchev–Trinajstić information content (AvgIpc) is 3.16. The van der Waals surface area contributed by atoms with Crippen LogP contribution in [0.5, 0.6) is 0 Å². The van der Waals surface area contributed by atoms with Crippen molar-refractivity contribution in [2.75, 3.05) is 18.8 Å². The number of pyridine rings is 1. The lowest BCUT2D eigenvalue weighted by Crippen LogP contribution is -2.28. The molecule has 1 saturated heterocycles. The second-order valence-electron chi connectivity index (χ2n) is 5.91. The maximum absolute atomic E-state index is 12.5. The van der Waals surface area contributed by atoms with Gasteiger partial charge in [0.05, 0.1) is 10.5 Å². The SMILES string of the molecule is Nc1ccc(C(=O)NCc2ccc(S(=O)(=O)N3CCCC3)cc2)cn1. The Balaban J connectivity index is 1.63. The van der Waals surface area contributed by atoms with E-state index in [1.165, 1.54) is 10.5 Å². The van der Waals surface area contributed by atoms with Crippen LogP contribution in [0.3, 0.4) is 0 Å². The number of nitrogens with one attached hydrogen (secondary N) is 1. The van der Waals surface area contributed by atoms with Crippen molar-refractivity contribution in [1.29, 1.82) is 0 Å². The minimum absolute atomic E-state index is 0.263. The Morgan fingerprint density at radius 3 is 2.40 bits per heavy atom. The zero-order chi connectivity index (χ0) is 17.9. The molecule has 1 aliphatic heterocycles. The van der Waals surface area contributed by atoms with Gasteiger partial charge in [0.25, 0.3) is 5.91 Å². The van der Waals surface area contributed by atoms with Gasteiger partial charge < -0.3 is 11.1 Å². The van der Waals surface area contributed by atoms with Crippen LogP contribution in [-0.2, 0) is 16.6 Å². The van der Waals surface area contributed by atoms with E-state index in [0.717, 1.165) is 18.4 Å². The van der Waals surface area contributed by atoms with Gasteiger partial charge in [-0.15, -0.1) is 0 Å². The Bertz CT molecular complexity index is 842. The molecule has 0 unspecified atom stereocenters. The lowest BCUT2D eigenvalue weighted by molar-refractivity contribution is 0.0950. The van der Waals surface area contributed by atoms with Crippen LogP contribution in [0.25, 0.3) is 0 Å². The van der Waals surface area contributed by atoms with Gasteiger partial charge in [0, 0.05) is 25.8 Å². The second-order valence-corrected chi connectivity index (χ2v) is 7.85. The molecule has 25 heavy (non-hydrogen) atoms. The zero-order valence-electron chi connectivity index (χ0n) is 13.7. The molecule has 132 valence electrons. The van der Waals surface area contributed by atoms with Gasteiger partial charge in [-0.2, -0.15) is 4.31 Å². The molecule has 7 nitrogen and oxygen atoms in total. The number of hydrogen-bond acceptors (Lipinski definition) is 5. The predicted octanol–water partition coefficient (Wildman–Crippen LogP) is 1.38. The van der Waals surface area contributed by atoms with Gasteiger partial charge in [0.15, 0.2) is 0 Å². The van der Waals surface area contributed by atoms with Crippen molar-refractivity contribution in [3.05, 3.63) is 53.7 Å². The summed E-state index contributed by atoms with van der Waals surface area (Å²) in [6.07, 6.45) is 3.23. The highest BCUT2D eigenvalue weighted by Gasteiger charge is 2.26. The van der Waals surface area contributed by atoms with E-state index in [2.05, 4.69) is 10.3 Å². The van der Waals surface area contributed by atoms with Crippen molar-refractivity contribution in [2.24, 2.45) is 0 Å². The first-order chi connectivity index (χ1) is 12.0. The van der Waals surface area contributed by atoms with E-state index < -0.39 is 10.0 Å². The zero-order valence-corrected chi connectivity index (χ0v) is 14.5. The number of benzene rings is 1. The number of sulfonamides is 1. The monoisotopic (exact) mass is 360 g/mol. The normalized spacial score (nSPS) is 15.2. The first kappa shape index (κ1) is 17.4. The topological polar surface area (TPSA) is 105 Å². The van der Waals surface area contributed by atoms with Crippen LogP contribution in [-0.4, -0.2) is 36.7 Å². The lowest BCUT2D eigenvalue weighted by atomic mass is 10.2. The number of hydrogen-bond donors (Lipinski definition) is 2. The Hall–Kier alpha value is -2.45. The number of aromatic nitrogens is 1. The van der Waals surface area contributed by atoms with Gasteiger partial charge in [-0.25, -0.2) is 13.4 Å². The van der Waals surface area contributed by atoms with E-state index in [4.69, 9.17) is 5.73 Å². The van der Waals surface area contributed by atoms with Gasteiger partial charge in [-0.05, 0) is 42.7 Å². The summed E-state index contributed by atoms with van der Waals surface area (Å²) in [5.41, 5.74) is 6.73. The number of nitrogens with zero attached hydrogens (tertiary/aromatic N) is 2. The molecule has 8 heteroatoms. The van der Waals surface area contributed by atoms with Crippen LogP contribution in [0.4, 0.5) is 5.82 Å². The third-order valence-corrected chi connectivity index (χ3v) is 6.04. The number of nitrogens with two attached hydrogens (primary N) is 1. The molecule has 1 amide bonds. The second kappa shape index (κ2) is 7.20. The molecule has 1 aromatic heterocycles. The van der Waals surface area contributed by atoms with E-state index in [9.17, 15) is 13.2 Å². The van der Waals surface area contributed by atoms with E-state index in [1.54, 1.807) is 36.4 Å². The standard InChI is InChI=1S/C17H20N4O3S/c18-16-8-5-14(12-19-16)17(22)20-11-13-3-6-15(7-4-13)25(23,24)21-9-1-2-10-21/h3-8,12H,1-2,9-11H2,(H2,18,19)(H,20,22). The van der Waals surface area contributed by atoms with Gasteiger partial charge in [-0.3, -0.25) is 4.79 Å². The van der Waals surface area contributed by atoms with Gasteiger partial charge >= 0.3 is 0 Å². The molecule has 3 N–H and O–H groups in total. The molecule has 0 radical (unpaired) electrons. The number of rotatable bonds is 5. The van der Waals surface area contributed by atoms with Gasteiger partial charge in [0.1, 0.15) is 5.82 Å². The quantitative estimate of drug-likeness (QED) is 0.838. The Morgan fingerprint density at radius 2 is 1.80 bits per heavy atom. The molecule has 0 bridgehead atoms. The molecule has 1 fully saturated rings. The fraction of sp³-hybridized carbons (Fsp3) is 0.294. The molecule has 0 atom stereocenters. The Labute approximate surface area is 146 Å². The molecule has 0 spiro atoms. The fourth-order valence-electron chi connectivity index (χ4n) is 2.68. The van der Waals surface area contributed by atoms with Crippen LogP contribution in [0, 0.1) is 0 Å². The minimum atomic E-state index is -3.41. The highest BCUT2D eigenvalue weighted by molar-refractivity contribution is 7.89. The number of carbonyl (C=O) groups excluding carboxylic acids is 1. The molecular formula is C17H20N4O3S. The van der Waals surface area contributed by atoms with Crippen molar-refractivity contribution in [3.63, 3.8) is 0 Å². The molecular weight excluding hydrogens is 340 g/mol. The largest absolute Gasteiger partial charge is 0.384 e. The summed E-state index contributed by atoms with van der Waals surface area (Å²) >= 11 is 0. The van der Waals surface area contributed by atoms with E-state index in [0.29, 0.717) is 31.0 Å². The van der Waals surface area contributed by atoms with Crippen molar-refractivity contribution in [1.82, 2.24) is 14.6 Å². The number of carbonyl (C=O) groups is 1. The summed E-state index contributed by atoms with van der Waals surface area (Å²) in [7, 11) is -3.41.